The summed E-state index contributed by atoms with van der Waals surface area (Å²) in [4.78, 5) is 11.6. The first-order chi connectivity index (χ1) is 9.40. The highest BCUT2D eigenvalue weighted by Gasteiger charge is 2.19. The van der Waals surface area contributed by atoms with Crippen LogP contribution < -0.4 is 4.18 Å². The van der Waals surface area contributed by atoms with Gasteiger partial charge in [0.1, 0.15) is 4.90 Å². The predicted octanol–water partition coefficient (Wildman–Crippen LogP) is 2.97. The van der Waals surface area contributed by atoms with Gasteiger partial charge in [-0.25, -0.2) is 0 Å². The van der Waals surface area contributed by atoms with E-state index in [1.807, 2.05) is 6.92 Å². The van der Waals surface area contributed by atoms with Gasteiger partial charge in [-0.15, -0.1) is 0 Å². The Balaban J connectivity index is 2.43. The number of aryl methyl sites for hydroxylation is 1. The van der Waals surface area contributed by atoms with Crippen LogP contribution in [0, 0.1) is 6.92 Å². The van der Waals surface area contributed by atoms with Crippen LogP contribution in [-0.4, -0.2) is 14.2 Å². The topological polar surface area (TPSA) is 60.4 Å². The second-order valence-corrected chi connectivity index (χ2v) is 5.95. The molecule has 0 amide bonds. The van der Waals surface area contributed by atoms with E-state index >= 15 is 0 Å². The monoisotopic (exact) mass is 290 g/mol. The second kappa shape index (κ2) is 5.46. The SMILES string of the molecule is CC(=O)c1cc(C)ccc1OS(=O)(=O)c1ccccc1. The number of ketones is 1. The number of carbonyl (C=O) groups is 1. The Labute approximate surface area is 118 Å². The summed E-state index contributed by atoms with van der Waals surface area (Å²) in [5, 5.41) is 0. The minimum atomic E-state index is -3.93. The van der Waals surface area contributed by atoms with Gasteiger partial charge in [0, 0.05) is 0 Å². The van der Waals surface area contributed by atoms with Crippen LogP contribution in [0.5, 0.6) is 5.75 Å². The Bertz CT molecular complexity index is 734. The lowest BCUT2D eigenvalue weighted by molar-refractivity contribution is 0.101. The first kappa shape index (κ1) is 14.3. The third kappa shape index (κ3) is 3.05. The van der Waals surface area contributed by atoms with Crippen molar-refractivity contribution >= 4 is 15.9 Å². The molecule has 0 fully saturated rings. The molecule has 4 nitrogen and oxygen atoms in total. The molecule has 0 aliphatic carbocycles. The quantitative estimate of drug-likeness (QED) is 0.641. The highest BCUT2D eigenvalue weighted by molar-refractivity contribution is 7.87. The van der Waals surface area contributed by atoms with E-state index < -0.39 is 10.1 Å². The molecule has 0 unspecified atom stereocenters. The summed E-state index contributed by atoms with van der Waals surface area (Å²) in [6.45, 7) is 3.19. The number of hydrogen-bond donors (Lipinski definition) is 0. The maximum atomic E-state index is 12.1. The van der Waals surface area contributed by atoms with Crippen LogP contribution >= 0.6 is 0 Å². The maximum absolute atomic E-state index is 12.1. The smallest absolute Gasteiger partial charge is 0.339 e. The highest BCUT2D eigenvalue weighted by atomic mass is 32.2. The molecule has 0 bridgehead atoms. The lowest BCUT2D eigenvalue weighted by Crippen LogP contribution is -2.12. The number of carbonyl (C=O) groups excluding carboxylic acids is 1. The average molecular weight is 290 g/mol. The summed E-state index contributed by atoms with van der Waals surface area (Å²) in [5.41, 5.74) is 1.11. The van der Waals surface area contributed by atoms with Crippen molar-refractivity contribution in [2.24, 2.45) is 0 Å². The molecular formula is C15H14O4S. The van der Waals surface area contributed by atoms with E-state index in [2.05, 4.69) is 0 Å². The molecule has 0 N–H and O–H groups in total. The van der Waals surface area contributed by atoms with Crippen molar-refractivity contribution in [2.45, 2.75) is 18.7 Å². The molecule has 0 aliphatic heterocycles. The molecule has 0 heterocycles. The van der Waals surface area contributed by atoms with Crippen LogP contribution in [0.3, 0.4) is 0 Å². The molecule has 0 spiro atoms. The zero-order valence-corrected chi connectivity index (χ0v) is 12.0. The van der Waals surface area contributed by atoms with Crippen LogP contribution in [0.4, 0.5) is 0 Å². The van der Waals surface area contributed by atoms with Crippen LogP contribution in [-0.2, 0) is 10.1 Å². The molecule has 2 aromatic rings. The van der Waals surface area contributed by atoms with Gasteiger partial charge < -0.3 is 4.18 Å². The molecule has 0 saturated heterocycles. The van der Waals surface area contributed by atoms with Crippen molar-refractivity contribution in [1.82, 2.24) is 0 Å². The summed E-state index contributed by atoms with van der Waals surface area (Å²) >= 11 is 0. The summed E-state index contributed by atoms with van der Waals surface area (Å²) < 4.78 is 29.3. The summed E-state index contributed by atoms with van der Waals surface area (Å²) in [6, 6.07) is 12.6. The van der Waals surface area contributed by atoms with Crippen LogP contribution in [0.2, 0.25) is 0 Å². The fraction of sp³-hybridized carbons (Fsp3) is 0.133. The van der Waals surface area contributed by atoms with Crippen LogP contribution in [0.25, 0.3) is 0 Å². The number of hydrogen-bond acceptors (Lipinski definition) is 4. The maximum Gasteiger partial charge on any atom is 0.339 e. The number of Topliss-reactive ketones (excluding diaryl/α,β-unsaturated/α-hetero) is 1. The largest absolute Gasteiger partial charge is 0.378 e. The van der Waals surface area contributed by atoms with E-state index in [0.29, 0.717) is 0 Å². The predicted molar refractivity (Wildman–Crippen MR) is 75.4 cm³/mol. The molecule has 0 aliphatic rings. The third-order valence-corrected chi connectivity index (χ3v) is 3.99. The van der Waals surface area contributed by atoms with Crippen LogP contribution in [0.1, 0.15) is 22.8 Å². The van der Waals surface area contributed by atoms with E-state index in [1.165, 1.54) is 25.1 Å². The van der Waals surface area contributed by atoms with E-state index in [1.54, 1.807) is 30.3 Å². The molecule has 104 valence electrons. The highest BCUT2D eigenvalue weighted by Crippen LogP contribution is 2.24. The fourth-order valence-corrected chi connectivity index (χ4v) is 2.71. The van der Waals surface area contributed by atoms with E-state index in [4.69, 9.17) is 4.18 Å². The normalized spacial score (nSPS) is 11.1. The first-order valence-electron chi connectivity index (χ1n) is 6.01. The molecule has 0 saturated carbocycles. The van der Waals surface area contributed by atoms with Crippen molar-refractivity contribution in [2.75, 3.05) is 0 Å². The molecule has 0 aromatic heterocycles. The van der Waals surface area contributed by atoms with Gasteiger partial charge in [0.25, 0.3) is 0 Å². The molecule has 0 atom stereocenters. The van der Waals surface area contributed by atoms with Crippen molar-refractivity contribution in [3.05, 3.63) is 59.7 Å². The van der Waals surface area contributed by atoms with Gasteiger partial charge in [-0.1, -0.05) is 29.8 Å². The summed E-state index contributed by atoms with van der Waals surface area (Å²) in [6.07, 6.45) is 0. The number of benzene rings is 2. The van der Waals surface area contributed by atoms with Gasteiger partial charge in [-0.3, -0.25) is 4.79 Å². The minimum absolute atomic E-state index is 0.0481. The Kier molecular flexibility index (Phi) is 3.90. The number of rotatable bonds is 4. The average Bonchev–Trinajstić information content (AvgIpc) is 2.41. The van der Waals surface area contributed by atoms with Crippen molar-refractivity contribution in [1.29, 1.82) is 0 Å². The molecule has 2 rings (SSSR count). The van der Waals surface area contributed by atoms with E-state index in [9.17, 15) is 13.2 Å². The third-order valence-electron chi connectivity index (χ3n) is 2.75. The Morgan fingerprint density at radius 3 is 2.30 bits per heavy atom. The summed E-state index contributed by atoms with van der Waals surface area (Å²) in [7, 11) is -3.93. The fourth-order valence-electron chi connectivity index (χ4n) is 1.75. The van der Waals surface area contributed by atoms with Gasteiger partial charge >= 0.3 is 10.1 Å². The van der Waals surface area contributed by atoms with Gasteiger partial charge in [0.2, 0.25) is 0 Å². The molecular weight excluding hydrogens is 276 g/mol. The minimum Gasteiger partial charge on any atom is -0.378 e. The lowest BCUT2D eigenvalue weighted by Gasteiger charge is -2.10. The van der Waals surface area contributed by atoms with Crippen molar-refractivity contribution < 1.29 is 17.4 Å². The zero-order chi connectivity index (χ0) is 14.8. The second-order valence-electron chi connectivity index (χ2n) is 4.41. The van der Waals surface area contributed by atoms with Gasteiger partial charge in [-0.05, 0) is 38.1 Å². The van der Waals surface area contributed by atoms with Gasteiger partial charge in [0.05, 0.1) is 5.56 Å². The molecule has 2 aromatic carbocycles. The standard InChI is InChI=1S/C15H14O4S/c1-11-8-9-15(14(10-11)12(2)16)19-20(17,18)13-6-4-3-5-7-13/h3-10H,1-2H3. The van der Waals surface area contributed by atoms with Crippen LogP contribution in [0.15, 0.2) is 53.4 Å². The van der Waals surface area contributed by atoms with Gasteiger partial charge in [0.15, 0.2) is 11.5 Å². The van der Waals surface area contributed by atoms with Crippen molar-refractivity contribution in [3.8, 4) is 5.75 Å². The Morgan fingerprint density at radius 2 is 1.70 bits per heavy atom. The van der Waals surface area contributed by atoms with E-state index in [-0.39, 0.29) is 22.0 Å². The molecule has 0 radical (unpaired) electrons. The summed E-state index contributed by atoms with van der Waals surface area (Å²) in [5.74, 6) is -0.195. The first-order valence-corrected chi connectivity index (χ1v) is 7.42. The Hall–Kier alpha value is -2.14. The zero-order valence-electron chi connectivity index (χ0n) is 11.2. The van der Waals surface area contributed by atoms with Gasteiger partial charge in [-0.2, -0.15) is 8.42 Å². The Morgan fingerprint density at radius 1 is 1.05 bits per heavy atom. The lowest BCUT2D eigenvalue weighted by atomic mass is 10.1. The molecule has 20 heavy (non-hydrogen) atoms. The van der Waals surface area contributed by atoms with Crippen molar-refractivity contribution in [3.63, 3.8) is 0 Å². The van der Waals surface area contributed by atoms with E-state index in [0.717, 1.165) is 5.56 Å². The molecule has 5 heteroatoms.